The van der Waals surface area contributed by atoms with Crippen molar-refractivity contribution in [1.82, 2.24) is 4.90 Å². The number of nitrogens with zero attached hydrogens (tertiary/aromatic N) is 1. The van der Waals surface area contributed by atoms with E-state index >= 15 is 0 Å². The monoisotopic (exact) mass is 184 g/mol. The molecular formula is C10H20N2O. The summed E-state index contributed by atoms with van der Waals surface area (Å²) in [4.78, 5) is 2.49. The Labute approximate surface area is 80.2 Å². The Morgan fingerprint density at radius 3 is 2.62 bits per heavy atom. The van der Waals surface area contributed by atoms with Crippen LogP contribution in [0.15, 0.2) is 0 Å². The zero-order chi connectivity index (χ0) is 9.59. The van der Waals surface area contributed by atoms with E-state index in [1.165, 1.54) is 6.54 Å². The van der Waals surface area contributed by atoms with Gasteiger partial charge < -0.3 is 10.5 Å². The number of ether oxygens (including phenoxy) is 1. The van der Waals surface area contributed by atoms with E-state index in [9.17, 15) is 0 Å². The van der Waals surface area contributed by atoms with Gasteiger partial charge in [-0.3, -0.25) is 4.90 Å². The zero-order valence-corrected chi connectivity index (χ0v) is 8.73. The maximum Gasteiger partial charge on any atom is 0.0745 e. The van der Waals surface area contributed by atoms with Crippen molar-refractivity contribution < 1.29 is 4.74 Å². The molecule has 1 saturated heterocycles. The highest BCUT2D eigenvalue weighted by molar-refractivity contribution is 5.08. The molecule has 2 rings (SSSR count). The predicted molar refractivity (Wildman–Crippen MR) is 52.5 cm³/mol. The van der Waals surface area contributed by atoms with E-state index in [4.69, 9.17) is 10.5 Å². The fraction of sp³-hybridized carbons (Fsp3) is 1.00. The molecule has 76 valence electrons. The maximum atomic E-state index is 6.16. The third-order valence-corrected chi connectivity index (χ3v) is 3.65. The Bertz CT molecular complexity index is 195. The fourth-order valence-corrected chi connectivity index (χ4v) is 2.94. The molecule has 2 bridgehead atoms. The van der Waals surface area contributed by atoms with Crippen molar-refractivity contribution in [2.24, 2.45) is 11.7 Å². The molecule has 3 nitrogen and oxygen atoms in total. The highest BCUT2D eigenvalue weighted by atomic mass is 16.5. The third-order valence-electron chi connectivity index (χ3n) is 3.65. The molecule has 13 heavy (non-hydrogen) atoms. The summed E-state index contributed by atoms with van der Waals surface area (Å²) in [6.45, 7) is 5.64. The summed E-state index contributed by atoms with van der Waals surface area (Å²) in [6, 6.07) is 1.40. The molecule has 2 aliphatic rings. The van der Waals surface area contributed by atoms with Gasteiger partial charge in [-0.05, 0) is 26.2 Å². The first kappa shape index (κ1) is 9.44. The van der Waals surface area contributed by atoms with Crippen LogP contribution >= 0.6 is 0 Å². The minimum absolute atomic E-state index is 0.340. The molecule has 4 atom stereocenters. The average Bonchev–Trinajstić information content (AvgIpc) is 2.58. The molecule has 2 fully saturated rings. The van der Waals surface area contributed by atoms with Crippen LogP contribution in [0.2, 0.25) is 0 Å². The SMILES string of the molecule is CO[C@H]1C[C@@H]2CN(C(C)C)[C@H]1[C@@H]2N. The number of rotatable bonds is 2. The molecule has 2 N–H and O–H groups in total. The fourth-order valence-electron chi connectivity index (χ4n) is 2.94. The lowest BCUT2D eigenvalue weighted by molar-refractivity contribution is 0.00665. The zero-order valence-electron chi connectivity index (χ0n) is 8.73. The summed E-state index contributed by atoms with van der Waals surface area (Å²) in [6.07, 6.45) is 1.53. The van der Waals surface area contributed by atoms with E-state index in [1.807, 2.05) is 0 Å². The molecule has 0 aromatic carbocycles. The second kappa shape index (κ2) is 3.23. The summed E-state index contributed by atoms with van der Waals surface area (Å²) in [5.41, 5.74) is 6.16. The Kier molecular flexibility index (Phi) is 2.34. The van der Waals surface area contributed by atoms with Crippen LogP contribution in [0, 0.1) is 5.92 Å². The lowest BCUT2D eigenvalue weighted by Crippen LogP contribution is -2.48. The molecular weight excluding hydrogens is 164 g/mol. The number of hydrogen-bond acceptors (Lipinski definition) is 3. The summed E-state index contributed by atoms with van der Waals surface area (Å²) in [7, 11) is 1.80. The van der Waals surface area contributed by atoms with Gasteiger partial charge in [0, 0.05) is 25.7 Å². The Morgan fingerprint density at radius 1 is 1.46 bits per heavy atom. The van der Waals surface area contributed by atoms with Crippen LogP contribution in [-0.2, 0) is 4.74 Å². The van der Waals surface area contributed by atoms with Gasteiger partial charge in [-0.2, -0.15) is 0 Å². The van der Waals surface area contributed by atoms with E-state index in [2.05, 4.69) is 18.7 Å². The molecule has 0 aromatic rings. The van der Waals surface area contributed by atoms with Gasteiger partial charge in [0.05, 0.1) is 12.1 Å². The molecule has 0 spiro atoms. The quantitative estimate of drug-likeness (QED) is 0.677. The van der Waals surface area contributed by atoms with E-state index < -0.39 is 0 Å². The number of methoxy groups -OCH3 is 1. The molecule has 3 heteroatoms. The van der Waals surface area contributed by atoms with Gasteiger partial charge in [0.15, 0.2) is 0 Å². The number of piperidine rings is 1. The van der Waals surface area contributed by atoms with Crippen LogP contribution in [0.3, 0.4) is 0 Å². The Balaban J connectivity index is 2.13. The smallest absolute Gasteiger partial charge is 0.0745 e. The predicted octanol–water partition coefficient (Wildman–Crippen LogP) is 0.441. The molecule has 0 aromatic heterocycles. The molecule has 0 amide bonds. The van der Waals surface area contributed by atoms with Crippen molar-refractivity contribution in [2.45, 2.75) is 44.5 Å². The first-order valence-corrected chi connectivity index (χ1v) is 5.19. The minimum Gasteiger partial charge on any atom is -0.380 e. The molecule has 1 heterocycles. The van der Waals surface area contributed by atoms with Crippen LogP contribution in [-0.4, -0.2) is 42.8 Å². The first-order valence-electron chi connectivity index (χ1n) is 5.19. The van der Waals surface area contributed by atoms with Crippen molar-refractivity contribution in [3.63, 3.8) is 0 Å². The van der Waals surface area contributed by atoms with E-state index in [1.54, 1.807) is 7.11 Å². The summed E-state index contributed by atoms with van der Waals surface area (Å²) in [5, 5.41) is 0. The largest absolute Gasteiger partial charge is 0.380 e. The van der Waals surface area contributed by atoms with Crippen molar-refractivity contribution >= 4 is 0 Å². The summed E-state index contributed by atoms with van der Waals surface area (Å²) in [5.74, 6) is 0.664. The van der Waals surface area contributed by atoms with Crippen LogP contribution in [0.1, 0.15) is 20.3 Å². The van der Waals surface area contributed by atoms with E-state index in [0.717, 1.165) is 6.42 Å². The van der Waals surface area contributed by atoms with E-state index in [-0.39, 0.29) is 0 Å². The van der Waals surface area contributed by atoms with Crippen molar-refractivity contribution in [3.05, 3.63) is 0 Å². The number of likely N-dealkylation sites (tertiary alicyclic amines) is 1. The lowest BCUT2D eigenvalue weighted by Gasteiger charge is -2.35. The normalized spacial score (nSPS) is 45.0. The van der Waals surface area contributed by atoms with Gasteiger partial charge in [0.2, 0.25) is 0 Å². The van der Waals surface area contributed by atoms with Gasteiger partial charge >= 0.3 is 0 Å². The highest BCUT2D eigenvalue weighted by Gasteiger charge is 2.51. The standard InChI is InChI=1S/C10H20N2O/c1-6(2)12-5-7-4-8(13-3)10(12)9(7)11/h6-10H,4-5,11H2,1-3H3/t7-,8+,9-,10-/m1/s1. The van der Waals surface area contributed by atoms with Crippen LogP contribution in [0.4, 0.5) is 0 Å². The van der Waals surface area contributed by atoms with Gasteiger partial charge in [0.1, 0.15) is 0 Å². The number of fused-ring (bicyclic) bond motifs is 2. The maximum absolute atomic E-state index is 6.16. The van der Waals surface area contributed by atoms with Crippen LogP contribution in [0.25, 0.3) is 0 Å². The minimum atomic E-state index is 0.340. The second-order valence-electron chi connectivity index (χ2n) is 4.63. The summed E-state index contributed by atoms with van der Waals surface area (Å²) >= 11 is 0. The van der Waals surface area contributed by atoms with Gasteiger partial charge in [-0.1, -0.05) is 0 Å². The molecule has 0 unspecified atom stereocenters. The van der Waals surface area contributed by atoms with Crippen LogP contribution in [0.5, 0.6) is 0 Å². The van der Waals surface area contributed by atoms with Gasteiger partial charge in [-0.25, -0.2) is 0 Å². The topological polar surface area (TPSA) is 38.5 Å². The Morgan fingerprint density at radius 2 is 2.15 bits per heavy atom. The van der Waals surface area contributed by atoms with Gasteiger partial charge in [-0.15, -0.1) is 0 Å². The molecule has 0 radical (unpaired) electrons. The number of nitrogens with two attached hydrogens (primary N) is 1. The first-order chi connectivity index (χ1) is 6.15. The summed E-state index contributed by atoms with van der Waals surface area (Å²) < 4.78 is 5.47. The van der Waals surface area contributed by atoms with Crippen molar-refractivity contribution in [1.29, 1.82) is 0 Å². The molecule has 1 saturated carbocycles. The highest BCUT2D eigenvalue weighted by Crippen LogP contribution is 2.39. The Hall–Kier alpha value is -0.120. The average molecular weight is 184 g/mol. The van der Waals surface area contributed by atoms with Gasteiger partial charge in [0.25, 0.3) is 0 Å². The van der Waals surface area contributed by atoms with Crippen molar-refractivity contribution in [2.75, 3.05) is 13.7 Å². The third kappa shape index (κ3) is 1.30. The van der Waals surface area contributed by atoms with Crippen molar-refractivity contribution in [3.8, 4) is 0 Å². The second-order valence-corrected chi connectivity index (χ2v) is 4.63. The lowest BCUT2D eigenvalue weighted by atomic mass is 10.1. The molecule has 1 aliphatic heterocycles. The number of hydrogen-bond donors (Lipinski definition) is 1. The van der Waals surface area contributed by atoms with Crippen LogP contribution < -0.4 is 5.73 Å². The van der Waals surface area contributed by atoms with E-state index in [0.29, 0.717) is 30.1 Å². The molecule has 1 aliphatic carbocycles.